The molecule has 9 unspecified atom stereocenters. The zero-order valence-electron chi connectivity index (χ0n) is 46.3. The van der Waals surface area contributed by atoms with Crippen LogP contribution in [0.4, 0.5) is 0 Å². The van der Waals surface area contributed by atoms with Crippen molar-refractivity contribution in [1.29, 1.82) is 0 Å². The molecule has 1 saturated carbocycles. The largest absolute Gasteiger partial charge is 0.382 e. The van der Waals surface area contributed by atoms with Gasteiger partial charge in [0.2, 0.25) is 0 Å². The van der Waals surface area contributed by atoms with Crippen LogP contribution >= 0.6 is 0 Å². The normalized spacial score (nSPS) is 19.0. The molecule has 0 bridgehead atoms. The molecule has 1 aliphatic carbocycles. The minimum Gasteiger partial charge on any atom is -0.382 e. The first-order chi connectivity index (χ1) is 36.6. The molecule has 0 spiro atoms. The number of hydrogen-bond acceptors (Lipinski definition) is 14. The summed E-state index contributed by atoms with van der Waals surface area (Å²) in [5, 5.41) is 6.43. The number of ether oxygens (including phenoxy) is 10. The van der Waals surface area contributed by atoms with Crippen molar-refractivity contribution < 1.29 is 66.5 Å². The van der Waals surface area contributed by atoms with Crippen molar-refractivity contribution in [3.63, 3.8) is 0 Å². The van der Waals surface area contributed by atoms with Crippen LogP contribution in [0.25, 0.3) is 43.1 Å². The predicted molar refractivity (Wildman–Crippen MR) is 291 cm³/mol. The summed E-state index contributed by atoms with van der Waals surface area (Å²) in [5.74, 6) is -1.23. The van der Waals surface area contributed by atoms with Gasteiger partial charge in [0.25, 0.3) is 23.6 Å². The molecule has 0 N–H and O–H groups in total. The SMILES string of the molecule is COCCOCC(C)OCC(C)OCC(C)OCC(C)OCC(C)OCC(C)OCC(C)OCC(C)OCC(C)N1C(=O)c2ccc3c4ccc5c6c(ccc(c7ccc(c2c37)C1=O)c64)C(=O)N(C1CCCCC1)C5=O. The Morgan fingerprint density at radius 2 is 0.711 bits per heavy atom. The molecular formula is C60H80N2O14. The van der Waals surface area contributed by atoms with Gasteiger partial charge in [-0.3, -0.25) is 29.0 Å². The Morgan fingerprint density at radius 3 is 1.05 bits per heavy atom. The van der Waals surface area contributed by atoms with E-state index < -0.39 is 6.04 Å². The van der Waals surface area contributed by atoms with Gasteiger partial charge in [-0.2, -0.15) is 0 Å². The second kappa shape index (κ2) is 26.3. The maximum atomic E-state index is 14.4. The summed E-state index contributed by atoms with van der Waals surface area (Å²) >= 11 is 0. The van der Waals surface area contributed by atoms with Gasteiger partial charge in [-0.05, 0) is 132 Å². The molecular weight excluding hydrogens is 973 g/mol. The number of methoxy groups -OCH3 is 1. The molecule has 16 nitrogen and oxygen atoms in total. The minimum absolute atomic E-state index is 0.0310. The molecule has 1 fully saturated rings. The van der Waals surface area contributed by atoms with Crippen LogP contribution in [-0.4, -0.2) is 174 Å². The zero-order chi connectivity index (χ0) is 54.2. The van der Waals surface area contributed by atoms with E-state index in [2.05, 4.69) is 0 Å². The van der Waals surface area contributed by atoms with Crippen LogP contribution in [-0.2, 0) is 47.4 Å². The molecule has 4 amide bonds. The summed E-state index contributed by atoms with van der Waals surface area (Å²) in [5.41, 5.74) is 1.97. The Balaban J connectivity index is 0.752. The van der Waals surface area contributed by atoms with E-state index in [1.165, 1.54) is 9.80 Å². The molecule has 0 aromatic heterocycles. The third kappa shape index (κ3) is 13.1. The van der Waals surface area contributed by atoms with E-state index >= 15 is 0 Å². The van der Waals surface area contributed by atoms with E-state index in [1.807, 2.05) is 98.7 Å². The van der Waals surface area contributed by atoms with E-state index in [0.717, 1.165) is 64.4 Å². The average Bonchev–Trinajstić information content (AvgIpc) is 3.62. The Labute approximate surface area is 447 Å². The Morgan fingerprint density at radius 1 is 0.395 bits per heavy atom. The Bertz CT molecular complexity index is 2670. The number of carbonyl (C=O) groups is 4. The lowest BCUT2D eigenvalue weighted by Crippen LogP contribution is -2.48. The summed E-state index contributed by atoms with van der Waals surface area (Å²) in [6.07, 6.45) is 3.60. The topological polar surface area (TPSA) is 167 Å². The first-order valence-corrected chi connectivity index (χ1v) is 27.5. The van der Waals surface area contributed by atoms with E-state index in [9.17, 15) is 19.2 Å². The molecule has 2 heterocycles. The smallest absolute Gasteiger partial charge is 0.261 e. The molecule has 3 aliphatic rings. The van der Waals surface area contributed by atoms with Gasteiger partial charge in [0.05, 0.1) is 128 Å². The fourth-order valence-corrected chi connectivity index (χ4v) is 10.6. The standard InChI is InChI=1S/C60H80N2O14/c1-35(26-69-37(3)28-71-39(5)30-73-41(7)32-75-43(9)34-76-42(8)33-74-40(6)31-72-38(4)29-70-36(2)27-68-25-24-67-10)61-57(63)49-20-16-45-47-18-22-51-56-52(60(66)62(59(51)65)44-14-12-11-13-15-44)23-19-48(54(47)56)46-17-21-50(58(61)64)55(49)53(45)46/h16-23,35-44H,11-15,24-34H2,1-10H3. The van der Waals surface area contributed by atoms with Crippen molar-refractivity contribution in [3.05, 3.63) is 70.8 Å². The molecule has 0 saturated heterocycles. The van der Waals surface area contributed by atoms with Crippen molar-refractivity contribution in [2.24, 2.45) is 0 Å². The van der Waals surface area contributed by atoms with Gasteiger partial charge in [-0.25, -0.2) is 0 Å². The summed E-state index contributed by atoms with van der Waals surface area (Å²) in [4.78, 5) is 59.7. The maximum Gasteiger partial charge on any atom is 0.261 e. The second-order valence-electron chi connectivity index (χ2n) is 21.5. The number of amides is 4. The number of nitrogens with zero attached hydrogens (tertiary/aromatic N) is 2. The third-order valence-corrected chi connectivity index (χ3v) is 14.8. The number of hydrogen-bond donors (Lipinski definition) is 0. The zero-order valence-corrected chi connectivity index (χ0v) is 46.3. The summed E-state index contributed by atoms with van der Waals surface area (Å²) in [7, 11) is 1.65. The number of fused-ring (bicyclic) bond motifs is 2. The van der Waals surface area contributed by atoms with Crippen molar-refractivity contribution in [3.8, 4) is 0 Å². The molecule has 5 aromatic rings. The molecule has 5 aromatic carbocycles. The fourth-order valence-electron chi connectivity index (χ4n) is 10.6. The summed E-state index contributed by atoms with van der Waals surface area (Å²) in [6.45, 7) is 22.0. The lowest BCUT2D eigenvalue weighted by Gasteiger charge is -2.36. The second-order valence-corrected chi connectivity index (χ2v) is 21.5. The Hall–Kier alpha value is -4.72. The molecule has 0 radical (unpaired) electrons. The third-order valence-electron chi connectivity index (χ3n) is 14.8. The van der Waals surface area contributed by atoms with Gasteiger partial charge in [0.1, 0.15) is 0 Å². The van der Waals surface area contributed by atoms with Gasteiger partial charge in [0, 0.05) is 46.2 Å². The monoisotopic (exact) mass is 1050 g/mol. The molecule has 2 aliphatic heterocycles. The Kier molecular flexibility index (Phi) is 19.9. The van der Waals surface area contributed by atoms with Crippen molar-refractivity contribution in [1.82, 2.24) is 9.80 Å². The lowest BCUT2D eigenvalue weighted by molar-refractivity contribution is -0.110. The molecule has 16 heteroatoms. The van der Waals surface area contributed by atoms with Crippen LogP contribution in [0.2, 0.25) is 0 Å². The van der Waals surface area contributed by atoms with Crippen LogP contribution in [0.3, 0.4) is 0 Å². The van der Waals surface area contributed by atoms with E-state index in [1.54, 1.807) is 19.2 Å². The van der Waals surface area contributed by atoms with Crippen molar-refractivity contribution >= 4 is 66.7 Å². The number of rotatable bonds is 31. The van der Waals surface area contributed by atoms with Gasteiger partial charge in [-0.1, -0.05) is 43.5 Å². The highest BCUT2D eigenvalue weighted by Gasteiger charge is 2.40. The number of benzene rings is 5. The van der Waals surface area contributed by atoms with Crippen LogP contribution in [0.15, 0.2) is 48.5 Å². The summed E-state index contributed by atoms with van der Waals surface area (Å²) < 4.78 is 58.5. The lowest BCUT2D eigenvalue weighted by atomic mass is 9.81. The fraction of sp³-hybridized carbons (Fsp3) is 0.600. The highest BCUT2D eigenvalue weighted by molar-refractivity contribution is 6.41. The maximum absolute atomic E-state index is 14.4. The van der Waals surface area contributed by atoms with Crippen molar-refractivity contribution in [2.45, 2.75) is 155 Å². The molecule has 414 valence electrons. The van der Waals surface area contributed by atoms with E-state index in [4.69, 9.17) is 47.4 Å². The van der Waals surface area contributed by atoms with Gasteiger partial charge < -0.3 is 47.4 Å². The first kappa shape index (κ1) is 57.5. The van der Waals surface area contributed by atoms with E-state index in [-0.39, 0.29) is 91.7 Å². The highest BCUT2D eigenvalue weighted by Crippen LogP contribution is 2.47. The van der Waals surface area contributed by atoms with Crippen LogP contribution in [0.1, 0.15) is 136 Å². The summed E-state index contributed by atoms with van der Waals surface area (Å²) in [6, 6.07) is 14.4. The molecule has 9 atom stereocenters. The molecule has 76 heavy (non-hydrogen) atoms. The average molecular weight is 1050 g/mol. The van der Waals surface area contributed by atoms with E-state index in [0.29, 0.717) is 92.5 Å². The number of carbonyl (C=O) groups excluding carboxylic acids is 4. The highest BCUT2D eigenvalue weighted by atomic mass is 16.6. The van der Waals surface area contributed by atoms with Gasteiger partial charge in [0.15, 0.2) is 0 Å². The quantitative estimate of drug-likeness (QED) is 0.0178. The molecule has 8 rings (SSSR count). The van der Waals surface area contributed by atoms with Crippen molar-refractivity contribution in [2.75, 3.05) is 79.8 Å². The van der Waals surface area contributed by atoms with Crippen LogP contribution < -0.4 is 0 Å². The first-order valence-electron chi connectivity index (χ1n) is 27.5. The van der Waals surface area contributed by atoms with Gasteiger partial charge in [-0.15, -0.1) is 0 Å². The van der Waals surface area contributed by atoms with Crippen LogP contribution in [0, 0.1) is 0 Å². The van der Waals surface area contributed by atoms with Gasteiger partial charge >= 0.3 is 0 Å². The minimum atomic E-state index is -0.564. The number of imide groups is 2. The van der Waals surface area contributed by atoms with Crippen LogP contribution in [0.5, 0.6) is 0 Å². The predicted octanol–water partition coefficient (Wildman–Crippen LogP) is 9.55.